The Bertz CT molecular complexity index is 372. The second-order valence-corrected chi connectivity index (χ2v) is 4.92. The minimum atomic E-state index is -2.48. The van der Waals surface area contributed by atoms with Gasteiger partial charge in [-0.1, -0.05) is 26.0 Å². The van der Waals surface area contributed by atoms with Crippen molar-refractivity contribution in [3.05, 3.63) is 29.8 Å². The van der Waals surface area contributed by atoms with Crippen LogP contribution in [-0.4, -0.2) is 15.0 Å². The van der Waals surface area contributed by atoms with Crippen molar-refractivity contribution in [2.45, 2.75) is 24.2 Å². The number of thiol groups is 1. The largest absolute Gasteiger partial charge is 0.330 e. The Morgan fingerprint density at radius 1 is 1.21 bits per heavy atom. The van der Waals surface area contributed by atoms with Gasteiger partial charge in [0.15, 0.2) is 10.7 Å². The van der Waals surface area contributed by atoms with Gasteiger partial charge in [-0.3, -0.25) is 0 Å². The lowest BCUT2D eigenvalue weighted by Crippen LogP contribution is -2.27. The van der Waals surface area contributed by atoms with Gasteiger partial charge in [0.2, 0.25) is 0 Å². The van der Waals surface area contributed by atoms with Crippen molar-refractivity contribution < 1.29 is 8.42 Å². The molecule has 2 N–H and O–H groups in total. The molecule has 0 saturated carbocycles. The van der Waals surface area contributed by atoms with Crippen LogP contribution in [0, 0.1) is 0 Å². The lowest BCUT2D eigenvalue weighted by Gasteiger charge is -2.22. The molecule has 0 aliphatic carbocycles. The van der Waals surface area contributed by atoms with Crippen molar-refractivity contribution in [1.29, 1.82) is 0 Å². The topological polar surface area (TPSA) is 60.2 Å². The van der Waals surface area contributed by atoms with Crippen LogP contribution >= 0.6 is 0 Å². The summed E-state index contributed by atoms with van der Waals surface area (Å²) in [7, 11) is -2.48. The smallest absolute Gasteiger partial charge is 0.168 e. The Hall–Kier alpha value is -0.870. The van der Waals surface area contributed by atoms with Gasteiger partial charge in [-0.05, 0) is 17.7 Å². The first-order valence-electron chi connectivity index (χ1n) is 4.42. The first-order valence-corrected chi connectivity index (χ1v) is 5.60. The quantitative estimate of drug-likeness (QED) is 0.733. The van der Waals surface area contributed by atoms with Gasteiger partial charge in [-0.2, -0.15) is 0 Å². The molecule has 0 heterocycles. The lowest BCUT2D eigenvalue weighted by atomic mass is 9.85. The molecule has 0 bridgehead atoms. The number of hydrogen-bond acceptors (Lipinski definition) is 3. The summed E-state index contributed by atoms with van der Waals surface area (Å²) in [4.78, 5) is 0.344. The van der Waals surface area contributed by atoms with E-state index in [0.29, 0.717) is 11.4 Å². The summed E-state index contributed by atoms with van der Waals surface area (Å²) in [5, 5.41) is 0. The predicted molar refractivity (Wildman–Crippen MR) is 57.1 cm³/mol. The molecule has 1 aromatic rings. The van der Waals surface area contributed by atoms with E-state index in [-0.39, 0.29) is 5.41 Å². The predicted octanol–water partition coefficient (Wildman–Crippen LogP) is 0.893. The summed E-state index contributed by atoms with van der Waals surface area (Å²) in [6, 6.07) is 6.84. The molecule has 0 spiro atoms. The molecule has 3 nitrogen and oxygen atoms in total. The zero-order valence-electron chi connectivity index (χ0n) is 8.36. The highest BCUT2D eigenvalue weighted by molar-refractivity contribution is 7.72. The van der Waals surface area contributed by atoms with Gasteiger partial charge < -0.3 is 5.73 Å². The molecule has 1 aromatic carbocycles. The zero-order valence-corrected chi connectivity index (χ0v) is 9.25. The maximum absolute atomic E-state index is 10.6. The third-order valence-corrected chi connectivity index (χ3v) is 3.09. The van der Waals surface area contributed by atoms with Crippen LogP contribution in [0.3, 0.4) is 0 Å². The number of hydrogen-bond donors (Lipinski definition) is 2. The Morgan fingerprint density at radius 2 is 1.71 bits per heavy atom. The Labute approximate surface area is 85.9 Å². The monoisotopic (exact) mass is 213 g/mol. The SMILES string of the molecule is CC(C)(CN)c1ccc([SH](=O)=O)cc1. The van der Waals surface area contributed by atoms with E-state index >= 15 is 0 Å². The van der Waals surface area contributed by atoms with Crippen LogP contribution in [0.2, 0.25) is 0 Å². The van der Waals surface area contributed by atoms with Crippen LogP contribution in [-0.2, 0) is 16.1 Å². The van der Waals surface area contributed by atoms with Crippen molar-refractivity contribution >= 4 is 10.7 Å². The molecular formula is C10H15NO2S. The Kier molecular flexibility index (Phi) is 3.29. The third kappa shape index (κ3) is 2.33. The Morgan fingerprint density at radius 3 is 2.07 bits per heavy atom. The van der Waals surface area contributed by atoms with Gasteiger partial charge in [0.25, 0.3) is 0 Å². The van der Waals surface area contributed by atoms with Crippen molar-refractivity contribution in [2.75, 3.05) is 6.54 Å². The average Bonchev–Trinajstić information content (AvgIpc) is 2.18. The summed E-state index contributed by atoms with van der Waals surface area (Å²) in [6.45, 7) is 4.59. The molecule has 14 heavy (non-hydrogen) atoms. The first kappa shape index (κ1) is 11.2. The molecule has 0 amide bonds. The van der Waals surface area contributed by atoms with Gasteiger partial charge >= 0.3 is 0 Å². The highest BCUT2D eigenvalue weighted by Crippen LogP contribution is 2.21. The van der Waals surface area contributed by atoms with Gasteiger partial charge in [-0.15, -0.1) is 0 Å². The minimum absolute atomic E-state index is 0.104. The molecular weight excluding hydrogens is 198 g/mol. The van der Waals surface area contributed by atoms with E-state index < -0.39 is 10.7 Å². The van der Waals surface area contributed by atoms with E-state index in [1.807, 2.05) is 26.0 Å². The van der Waals surface area contributed by atoms with Crippen LogP contribution in [0.5, 0.6) is 0 Å². The van der Waals surface area contributed by atoms with Crippen LogP contribution < -0.4 is 5.73 Å². The molecule has 0 aromatic heterocycles. The second-order valence-electron chi connectivity index (χ2n) is 3.89. The van der Waals surface area contributed by atoms with Crippen LogP contribution in [0.15, 0.2) is 29.2 Å². The zero-order chi connectivity index (χ0) is 10.8. The van der Waals surface area contributed by atoms with Crippen LogP contribution in [0.4, 0.5) is 0 Å². The fourth-order valence-electron chi connectivity index (χ4n) is 1.15. The van der Waals surface area contributed by atoms with Crippen molar-refractivity contribution in [2.24, 2.45) is 5.73 Å². The molecule has 1 rings (SSSR count). The molecule has 0 unspecified atom stereocenters. The van der Waals surface area contributed by atoms with E-state index in [9.17, 15) is 8.42 Å². The Balaban J connectivity index is 3.05. The maximum atomic E-state index is 10.6. The fraction of sp³-hybridized carbons (Fsp3) is 0.400. The van der Waals surface area contributed by atoms with E-state index in [1.165, 1.54) is 0 Å². The molecule has 0 aliphatic rings. The summed E-state index contributed by atoms with van der Waals surface area (Å²) in [6.07, 6.45) is 0. The van der Waals surface area contributed by atoms with Gasteiger partial charge in [0.1, 0.15) is 0 Å². The summed E-state index contributed by atoms with van der Waals surface area (Å²) in [5.74, 6) is 0. The standard InChI is InChI=1S/C10H15NO2S/c1-10(2,7-11)8-3-5-9(6-4-8)14(12)13/h3-6,14H,7,11H2,1-2H3. The molecule has 0 aliphatic heterocycles. The summed E-state index contributed by atoms with van der Waals surface area (Å²) in [5.41, 5.74) is 6.57. The van der Waals surface area contributed by atoms with Crippen molar-refractivity contribution in [3.63, 3.8) is 0 Å². The van der Waals surface area contributed by atoms with Crippen molar-refractivity contribution in [3.8, 4) is 0 Å². The second kappa shape index (κ2) is 4.11. The van der Waals surface area contributed by atoms with Gasteiger partial charge in [-0.25, -0.2) is 8.42 Å². The van der Waals surface area contributed by atoms with E-state index in [2.05, 4.69) is 0 Å². The highest BCUT2D eigenvalue weighted by atomic mass is 32.2. The highest BCUT2D eigenvalue weighted by Gasteiger charge is 2.17. The molecule has 78 valence electrons. The lowest BCUT2D eigenvalue weighted by molar-refractivity contribution is 0.538. The number of rotatable bonds is 3. The minimum Gasteiger partial charge on any atom is -0.330 e. The molecule has 4 heteroatoms. The molecule has 0 atom stereocenters. The van der Waals surface area contributed by atoms with E-state index in [0.717, 1.165) is 5.56 Å². The first-order chi connectivity index (χ1) is 6.47. The van der Waals surface area contributed by atoms with Crippen LogP contribution in [0.1, 0.15) is 19.4 Å². The maximum Gasteiger partial charge on any atom is 0.168 e. The van der Waals surface area contributed by atoms with Crippen molar-refractivity contribution in [1.82, 2.24) is 0 Å². The van der Waals surface area contributed by atoms with Gasteiger partial charge in [0.05, 0.1) is 4.90 Å². The normalized spacial score (nSPS) is 12.0. The average molecular weight is 213 g/mol. The molecule has 0 fully saturated rings. The van der Waals surface area contributed by atoms with Crippen LogP contribution in [0.25, 0.3) is 0 Å². The van der Waals surface area contributed by atoms with Gasteiger partial charge in [0, 0.05) is 12.0 Å². The fourth-order valence-corrected chi connectivity index (χ4v) is 1.54. The summed E-state index contributed by atoms with van der Waals surface area (Å²) < 4.78 is 21.3. The van der Waals surface area contributed by atoms with E-state index in [1.54, 1.807) is 12.1 Å². The van der Waals surface area contributed by atoms with E-state index in [4.69, 9.17) is 5.73 Å². The number of benzene rings is 1. The molecule has 0 radical (unpaired) electrons. The summed E-state index contributed by atoms with van der Waals surface area (Å²) >= 11 is 0. The molecule has 0 saturated heterocycles. The third-order valence-electron chi connectivity index (χ3n) is 2.37. The number of nitrogens with two attached hydrogens (primary N) is 1.